The van der Waals surface area contributed by atoms with Crippen molar-refractivity contribution >= 4 is 0 Å². The fourth-order valence-corrected chi connectivity index (χ4v) is 0. The summed E-state index contributed by atoms with van der Waals surface area (Å²) in [7, 11) is 0. The van der Waals surface area contributed by atoms with E-state index in [1.54, 1.807) is 13.8 Å². The van der Waals surface area contributed by atoms with Crippen LogP contribution in [0.25, 0.3) is 0 Å². The standard InChI is InChI=1S/2C3H5.Zn/c2*1-3-2;/h2*1,3H,2H3;/q2*-1;+2. The summed E-state index contributed by atoms with van der Waals surface area (Å²) in [5.41, 5.74) is 0. The Kier molecular flexibility index (Phi) is 80.7. The minimum absolute atomic E-state index is 0. The SMILES string of the molecule is [CH-]=CC.[CH-]=CC.[Zn+2]. The van der Waals surface area contributed by atoms with Crippen LogP contribution >= 0.6 is 0 Å². The van der Waals surface area contributed by atoms with E-state index in [1.807, 2.05) is 0 Å². The molecule has 0 spiro atoms. The molecule has 0 fully saturated rings. The predicted octanol–water partition coefficient (Wildman–Crippen LogP) is 1.99. The zero-order valence-corrected chi connectivity index (χ0v) is 7.98. The molecule has 36 valence electrons. The van der Waals surface area contributed by atoms with Crippen LogP contribution in [0, 0.1) is 13.2 Å². The van der Waals surface area contributed by atoms with Gasteiger partial charge in [-0.3, -0.25) is 12.2 Å². The molecule has 0 aromatic rings. The molecule has 0 saturated heterocycles. The van der Waals surface area contributed by atoms with Crippen LogP contribution < -0.4 is 0 Å². The van der Waals surface area contributed by atoms with E-state index >= 15 is 0 Å². The minimum atomic E-state index is 0. The van der Waals surface area contributed by atoms with Gasteiger partial charge >= 0.3 is 19.5 Å². The molecule has 0 aliphatic carbocycles. The molecule has 0 aromatic heterocycles. The van der Waals surface area contributed by atoms with Crippen molar-refractivity contribution in [2.75, 3.05) is 0 Å². The van der Waals surface area contributed by atoms with Crippen LogP contribution in [0.2, 0.25) is 0 Å². The van der Waals surface area contributed by atoms with Crippen LogP contribution in [0.4, 0.5) is 0 Å². The van der Waals surface area contributed by atoms with Gasteiger partial charge in [-0.25, -0.2) is 0 Å². The minimum Gasteiger partial charge on any atom is -0.518 e. The van der Waals surface area contributed by atoms with Crippen LogP contribution in [0.5, 0.6) is 0 Å². The Bertz CT molecular complexity index is 25.2. The monoisotopic (exact) mass is 146 g/mol. The average Bonchev–Trinajstić information content (AvgIpc) is 1.39. The second kappa shape index (κ2) is 35.9. The van der Waals surface area contributed by atoms with Crippen molar-refractivity contribution in [3.05, 3.63) is 25.3 Å². The van der Waals surface area contributed by atoms with Gasteiger partial charge in [-0.05, 0) is 0 Å². The van der Waals surface area contributed by atoms with Gasteiger partial charge in [-0.15, -0.1) is 0 Å². The molecule has 0 aromatic carbocycles. The Balaban J connectivity index is -0.0000000400. The predicted molar refractivity (Wildman–Crippen MR) is 29.1 cm³/mol. The van der Waals surface area contributed by atoms with Gasteiger partial charge in [0.2, 0.25) is 0 Å². The largest absolute Gasteiger partial charge is 2.00 e. The third kappa shape index (κ3) is 9620. The Labute approximate surface area is 59.1 Å². The maximum Gasteiger partial charge on any atom is 2.00 e. The fourth-order valence-electron chi connectivity index (χ4n) is 0. The molecular formula is C6H10Zn. The van der Waals surface area contributed by atoms with E-state index in [0.717, 1.165) is 0 Å². The third-order valence-corrected chi connectivity index (χ3v) is 0. The summed E-state index contributed by atoms with van der Waals surface area (Å²) >= 11 is 0. The molecule has 0 N–H and O–H groups in total. The molecule has 0 aliphatic heterocycles. The zero-order valence-electron chi connectivity index (χ0n) is 5.02. The molecule has 0 bridgehead atoms. The topological polar surface area (TPSA) is 0 Å². The molecule has 0 nitrogen and oxygen atoms in total. The van der Waals surface area contributed by atoms with Crippen LogP contribution in [0.3, 0.4) is 0 Å². The molecule has 0 aliphatic rings. The summed E-state index contributed by atoms with van der Waals surface area (Å²) in [5.74, 6) is 0. The summed E-state index contributed by atoms with van der Waals surface area (Å²) in [6, 6.07) is 0. The first-order chi connectivity index (χ1) is 2.83. The van der Waals surface area contributed by atoms with Crippen molar-refractivity contribution in [1.82, 2.24) is 0 Å². The average molecular weight is 148 g/mol. The molecule has 0 saturated carbocycles. The van der Waals surface area contributed by atoms with Gasteiger partial charge < -0.3 is 13.2 Å². The molecule has 0 rings (SSSR count). The van der Waals surface area contributed by atoms with E-state index in [2.05, 4.69) is 0 Å². The summed E-state index contributed by atoms with van der Waals surface area (Å²) in [6.45, 7) is 13.0. The summed E-state index contributed by atoms with van der Waals surface area (Å²) in [6.07, 6.45) is 3.00. The van der Waals surface area contributed by atoms with E-state index in [1.165, 1.54) is 12.2 Å². The number of rotatable bonds is 0. The van der Waals surface area contributed by atoms with Crippen LogP contribution in [-0.4, -0.2) is 0 Å². The van der Waals surface area contributed by atoms with Crippen molar-refractivity contribution in [2.24, 2.45) is 0 Å². The summed E-state index contributed by atoms with van der Waals surface area (Å²) in [4.78, 5) is 0. The van der Waals surface area contributed by atoms with Crippen molar-refractivity contribution in [2.45, 2.75) is 13.8 Å². The van der Waals surface area contributed by atoms with Crippen LogP contribution in [0.1, 0.15) is 13.8 Å². The molecule has 0 amide bonds. The number of hydrogen-bond acceptors (Lipinski definition) is 0. The maximum atomic E-state index is 4.72. The smallest absolute Gasteiger partial charge is 0.518 e. The summed E-state index contributed by atoms with van der Waals surface area (Å²) in [5, 5.41) is 0. The Morgan fingerprint density at radius 1 is 1.00 bits per heavy atom. The van der Waals surface area contributed by atoms with Crippen molar-refractivity contribution in [1.29, 1.82) is 0 Å². The fraction of sp³-hybridized carbons (Fsp3) is 0.333. The Morgan fingerprint density at radius 3 is 1.00 bits per heavy atom. The maximum absolute atomic E-state index is 4.72. The van der Waals surface area contributed by atoms with Gasteiger partial charge in [0.1, 0.15) is 0 Å². The molecular weight excluding hydrogens is 137 g/mol. The van der Waals surface area contributed by atoms with Gasteiger partial charge in [0, 0.05) is 0 Å². The van der Waals surface area contributed by atoms with Crippen LogP contribution in [-0.2, 0) is 19.5 Å². The molecule has 0 radical (unpaired) electrons. The molecule has 7 heavy (non-hydrogen) atoms. The molecule has 0 heterocycles. The van der Waals surface area contributed by atoms with Crippen molar-refractivity contribution < 1.29 is 19.5 Å². The van der Waals surface area contributed by atoms with Gasteiger partial charge in [0.05, 0.1) is 0 Å². The third-order valence-electron chi connectivity index (χ3n) is 0. The zero-order chi connectivity index (χ0) is 5.41. The molecule has 0 atom stereocenters. The first kappa shape index (κ1) is 15.7. The Hall–Kier alpha value is 0.103. The van der Waals surface area contributed by atoms with E-state index in [4.69, 9.17) is 13.2 Å². The number of hydrogen-bond donors (Lipinski definition) is 0. The molecule has 1 heteroatoms. The van der Waals surface area contributed by atoms with Crippen LogP contribution in [0.15, 0.2) is 12.2 Å². The van der Waals surface area contributed by atoms with Crippen molar-refractivity contribution in [3.8, 4) is 0 Å². The normalized spacial score (nSPS) is 3.71. The number of allylic oxidation sites excluding steroid dienone is 2. The van der Waals surface area contributed by atoms with E-state index in [-0.39, 0.29) is 19.5 Å². The van der Waals surface area contributed by atoms with Gasteiger partial charge in [-0.2, -0.15) is 0 Å². The Morgan fingerprint density at radius 2 is 1.00 bits per heavy atom. The quantitative estimate of drug-likeness (QED) is 0.363. The first-order valence-corrected chi connectivity index (χ1v) is 1.82. The summed E-state index contributed by atoms with van der Waals surface area (Å²) < 4.78 is 0. The van der Waals surface area contributed by atoms with E-state index < -0.39 is 0 Å². The molecule has 0 unspecified atom stereocenters. The first-order valence-electron chi connectivity index (χ1n) is 1.82. The van der Waals surface area contributed by atoms with Crippen molar-refractivity contribution in [3.63, 3.8) is 0 Å². The second-order valence-electron chi connectivity index (χ2n) is 0.667. The van der Waals surface area contributed by atoms with E-state index in [9.17, 15) is 0 Å². The van der Waals surface area contributed by atoms with Gasteiger partial charge in [0.15, 0.2) is 0 Å². The van der Waals surface area contributed by atoms with E-state index in [0.29, 0.717) is 0 Å². The van der Waals surface area contributed by atoms with Gasteiger partial charge in [-0.1, -0.05) is 13.8 Å². The van der Waals surface area contributed by atoms with Gasteiger partial charge in [0.25, 0.3) is 0 Å². The second-order valence-corrected chi connectivity index (χ2v) is 0.667.